The molecule has 5 nitrogen and oxygen atoms in total. The third-order valence-corrected chi connectivity index (χ3v) is 3.74. The summed E-state index contributed by atoms with van der Waals surface area (Å²) in [6.45, 7) is 6.59. The Morgan fingerprint density at radius 1 is 1.46 bits per heavy atom. The summed E-state index contributed by atoms with van der Waals surface area (Å²) in [6, 6.07) is 6.16. The molecule has 0 bridgehead atoms. The zero-order valence-electron chi connectivity index (χ0n) is 14.3. The van der Waals surface area contributed by atoms with Gasteiger partial charge in [-0.25, -0.2) is 9.38 Å². The Kier molecular flexibility index (Phi) is 10.0. The van der Waals surface area contributed by atoms with E-state index in [1.807, 2.05) is 0 Å². The van der Waals surface area contributed by atoms with Crippen molar-refractivity contribution in [2.24, 2.45) is 10.9 Å². The molecule has 1 unspecified atom stereocenters. The quantitative estimate of drug-likeness (QED) is 0.300. The van der Waals surface area contributed by atoms with E-state index < -0.39 is 0 Å². The molecule has 24 heavy (non-hydrogen) atoms. The molecule has 136 valence electrons. The van der Waals surface area contributed by atoms with Crippen molar-refractivity contribution < 1.29 is 13.9 Å². The lowest BCUT2D eigenvalue weighted by atomic mass is 10.1. The molecule has 1 aliphatic heterocycles. The molecule has 1 aromatic rings. The van der Waals surface area contributed by atoms with Gasteiger partial charge >= 0.3 is 0 Å². The Bertz CT molecular complexity index is 516. The van der Waals surface area contributed by atoms with Crippen molar-refractivity contribution in [3.05, 3.63) is 30.1 Å². The van der Waals surface area contributed by atoms with E-state index >= 15 is 0 Å². The number of ether oxygens (including phenoxy) is 2. The summed E-state index contributed by atoms with van der Waals surface area (Å²) in [5.41, 5.74) is 0. The maximum atomic E-state index is 13.1. The minimum atomic E-state index is -0.291. The van der Waals surface area contributed by atoms with E-state index in [-0.39, 0.29) is 29.8 Å². The number of halogens is 2. The number of benzene rings is 1. The number of likely N-dealkylation sites (tertiary alicyclic amines) is 1. The van der Waals surface area contributed by atoms with Crippen LogP contribution in [-0.4, -0.2) is 57.4 Å². The fraction of sp³-hybridized carbons (Fsp3) is 0.588. The van der Waals surface area contributed by atoms with Crippen molar-refractivity contribution in [3.8, 4) is 5.75 Å². The smallest absolute Gasteiger partial charge is 0.194 e. The molecular weight excluding hydrogens is 424 g/mol. The predicted molar refractivity (Wildman–Crippen MR) is 105 cm³/mol. The molecule has 1 aromatic carbocycles. The van der Waals surface area contributed by atoms with Crippen LogP contribution in [0.1, 0.15) is 13.3 Å². The standard InChI is InChI=1S/C17H26FN3O2.HI/c1-3-19-17(21-9-7-14(12-21)13-22-2)20-8-10-23-16-6-4-5-15(18)11-16;/h4-6,11,14H,3,7-10,12-13H2,1-2H3,(H,19,20);1H. The summed E-state index contributed by atoms with van der Waals surface area (Å²) in [7, 11) is 1.74. The van der Waals surface area contributed by atoms with Gasteiger partial charge in [0.2, 0.25) is 0 Å². The van der Waals surface area contributed by atoms with Gasteiger partial charge < -0.3 is 19.7 Å². The molecule has 1 N–H and O–H groups in total. The Morgan fingerprint density at radius 2 is 2.29 bits per heavy atom. The van der Waals surface area contributed by atoms with Crippen molar-refractivity contribution in [2.75, 3.05) is 46.5 Å². The fourth-order valence-electron chi connectivity index (χ4n) is 2.69. The Hall–Kier alpha value is -1.09. The van der Waals surface area contributed by atoms with Crippen LogP contribution in [0.2, 0.25) is 0 Å². The first-order valence-corrected chi connectivity index (χ1v) is 8.13. The van der Waals surface area contributed by atoms with Crippen LogP contribution >= 0.6 is 24.0 Å². The van der Waals surface area contributed by atoms with E-state index in [9.17, 15) is 4.39 Å². The summed E-state index contributed by atoms with van der Waals surface area (Å²) < 4.78 is 23.8. The van der Waals surface area contributed by atoms with E-state index in [2.05, 4.69) is 22.1 Å². The molecule has 7 heteroatoms. The first kappa shape index (κ1) is 21.0. The molecule has 2 rings (SSSR count). The van der Waals surface area contributed by atoms with E-state index in [1.54, 1.807) is 19.2 Å². The van der Waals surface area contributed by atoms with Gasteiger partial charge in [-0.05, 0) is 25.5 Å². The van der Waals surface area contributed by atoms with Crippen molar-refractivity contribution in [1.29, 1.82) is 0 Å². The van der Waals surface area contributed by atoms with Gasteiger partial charge in [-0.2, -0.15) is 0 Å². The molecule has 1 aliphatic rings. The minimum Gasteiger partial charge on any atom is -0.492 e. The Morgan fingerprint density at radius 3 is 3.00 bits per heavy atom. The number of guanidine groups is 1. The van der Waals surface area contributed by atoms with E-state index in [4.69, 9.17) is 9.47 Å². The lowest BCUT2D eigenvalue weighted by Gasteiger charge is -2.21. The monoisotopic (exact) mass is 451 g/mol. The molecule has 0 spiro atoms. The van der Waals surface area contributed by atoms with Crippen molar-refractivity contribution in [2.45, 2.75) is 13.3 Å². The highest BCUT2D eigenvalue weighted by Crippen LogP contribution is 2.16. The van der Waals surface area contributed by atoms with Crippen LogP contribution in [0.3, 0.4) is 0 Å². The molecule has 0 aliphatic carbocycles. The number of methoxy groups -OCH3 is 1. The van der Waals surface area contributed by atoms with Gasteiger partial charge in [0.05, 0.1) is 13.2 Å². The first-order chi connectivity index (χ1) is 11.2. The average molecular weight is 451 g/mol. The van der Waals surface area contributed by atoms with Gasteiger partial charge in [0.25, 0.3) is 0 Å². The molecule has 1 fully saturated rings. The predicted octanol–water partition coefficient (Wildman–Crippen LogP) is 2.76. The minimum absolute atomic E-state index is 0. The summed E-state index contributed by atoms with van der Waals surface area (Å²) in [4.78, 5) is 6.86. The lowest BCUT2D eigenvalue weighted by Crippen LogP contribution is -2.40. The summed E-state index contributed by atoms with van der Waals surface area (Å²) in [5.74, 6) is 1.72. The highest BCUT2D eigenvalue weighted by molar-refractivity contribution is 14.0. The van der Waals surface area contributed by atoms with E-state index in [1.165, 1.54) is 12.1 Å². The number of aliphatic imine (C=N–C) groups is 1. The zero-order valence-corrected chi connectivity index (χ0v) is 16.7. The van der Waals surface area contributed by atoms with E-state index in [0.29, 0.717) is 24.8 Å². The number of nitrogens with one attached hydrogen (secondary N) is 1. The van der Waals surface area contributed by atoms with Crippen molar-refractivity contribution in [1.82, 2.24) is 10.2 Å². The SMILES string of the molecule is CCNC(=NCCOc1cccc(F)c1)N1CCC(COC)C1.I. The zero-order chi connectivity index (χ0) is 16.5. The van der Waals surface area contributed by atoms with E-state index in [0.717, 1.165) is 38.6 Å². The van der Waals surface area contributed by atoms with Crippen LogP contribution < -0.4 is 10.1 Å². The van der Waals surface area contributed by atoms with Gasteiger partial charge in [0, 0.05) is 38.7 Å². The average Bonchev–Trinajstić information content (AvgIpc) is 2.99. The number of rotatable bonds is 7. The largest absolute Gasteiger partial charge is 0.492 e. The van der Waals surface area contributed by atoms with Crippen molar-refractivity contribution >= 4 is 29.9 Å². The van der Waals surface area contributed by atoms with Crippen molar-refractivity contribution in [3.63, 3.8) is 0 Å². The highest BCUT2D eigenvalue weighted by atomic mass is 127. The maximum absolute atomic E-state index is 13.1. The van der Waals surface area contributed by atoms with Crippen LogP contribution in [-0.2, 0) is 4.74 Å². The van der Waals surface area contributed by atoms with Crippen LogP contribution in [0.25, 0.3) is 0 Å². The molecular formula is C17H27FIN3O2. The summed E-state index contributed by atoms with van der Waals surface area (Å²) >= 11 is 0. The second-order valence-corrected chi connectivity index (χ2v) is 5.60. The first-order valence-electron chi connectivity index (χ1n) is 8.13. The molecule has 0 amide bonds. The Labute approximate surface area is 160 Å². The molecule has 0 saturated carbocycles. The second kappa shape index (κ2) is 11.5. The number of hydrogen-bond acceptors (Lipinski definition) is 3. The molecule has 1 heterocycles. The molecule has 0 aromatic heterocycles. The maximum Gasteiger partial charge on any atom is 0.194 e. The number of hydrogen-bond donors (Lipinski definition) is 1. The molecule has 0 radical (unpaired) electrons. The van der Waals surface area contributed by atoms with Crippen LogP contribution in [0, 0.1) is 11.7 Å². The third kappa shape index (κ3) is 6.80. The van der Waals surface area contributed by atoms with Gasteiger partial charge in [-0.3, -0.25) is 0 Å². The normalized spacial score (nSPS) is 17.5. The fourth-order valence-corrected chi connectivity index (χ4v) is 2.69. The molecule has 1 saturated heterocycles. The third-order valence-electron chi connectivity index (χ3n) is 3.74. The van der Waals surface area contributed by atoms with Crippen LogP contribution in [0.15, 0.2) is 29.3 Å². The van der Waals surface area contributed by atoms with Gasteiger partial charge in [0.15, 0.2) is 5.96 Å². The topological polar surface area (TPSA) is 46.1 Å². The second-order valence-electron chi connectivity index (χ2n) is 5.60. The summed E-state index contributed by atoms with van der Waals surface area (Å²) in [5, 5.41) is 3.31. The van der Waals surface area contributed by atoms with Gasteiger partial charge in [-0.1, -0.05) is 6.07 Å². The Balaban J connectivity index is 0.00000288. The van der Waals surface area contributed by atoms with Crippen LogP contribution in [0.4, 0.5) is 4.39 Å². The van der Waals surface area contributed by atoms with Gasteiger partial charge in [-0.15, -0.1) is 24.0 Å². The lowest BCUT2D eigenvalue weighted by molar-refractivity contribution is 0.157. The van der Waals surface area contributed by atoms with Crippen LogP contribution in [0.5, 0.6) is 5.75 Å². The molecule has 1 atom stereocenters. The highest BCUT2D eigenvalue weighted by Gasteiger charge is 2.24. The number of nitrogens with zero attached hydrogens (tertiary/aromatic N) is 2. The van der Waals surface area contributed by atoms with Gasteiger partial charge in [0.1, 0.15) is 18.2 Å². The summed E-state index contributed by atoms with van der Waals surface area (Å²) in [6.07, 6.45) is 1.12.